The number of rotatable bonds is 5. The average Bonchev–Trinajstić information content (AvgIpc) is 3.05. The van der Waals surface area contributed by atoms with E-state index in [9.17, 15) is 9.59 Å². The Morgan fingerprint density at radius 3 is 2.27 bits per heavy atom. The highest BCUT2D eigenvalue weighted by Crippen LogP contribution is 2.49. The van der Waals surface area contributed by atoms with Crippen molar-refractivity contribution >= 4 is 34.0 Å². The minimum atomic E-state index is -0.237. The number of imide groups is 1. The molecule has 4 atom stereocenters. The van der Waals surface area contributed by atoms with Gasteiger partial charge < -0.3 is 4.74 Å². The third-order valence-corrected chi connectivity index (χ3v) is 6.87. The molecule has 30 heavy (non-hydrogen) atoms. The van der Waals surface area contributed by atoms with Gasteiger partial charge >= 0.3 is 0 Å². The maximum absolute atomic E-state index is 12.8. The minimum Gasteiger partial charge on any atom is -0.488 e. The van der Waals surface area contributed by atoms with Gasteiger partial charge in [0.1, 0.15) is 12.4 Å². The van der Waals surface area contributed by atoms with Crippen LogP contribution in [0.15, 0.2) is 70.3 Å². The Hall–Kier alpha value is -2.73. The summed E-state index contributed by atoms with van der Waals surface area (Å²) in [7, 11) is 0. The van der Waals surface area contributed by atoms with Gasteiger partial charge in [0.25, 0.3) is 11.8 Å². The van der Waals surface area contributed by atoms with Crippen molar-refractivity contribution in [3.8, 4) is 5.75 Å². The average molecular weight is 465 g/mol. The first kappa shape index (κ1) is 19.2. The molecule has 4 aliphatic rings. The normalized spacial score (nSPS) is 27.2. The quantitative estimate of drug-likeness (QED) is 0.370. The van der Waals surface area contributed by atoms with Crippen LogP contribution in [-0.2, 0) is 16.2 Å². The van der Waals surface area contributed by atoms with Crippen LogP contribution in [0.25, 0.3) is 0 Å². The Morgan fingerprint density at radius 2 is 1.67 bits per heavy atom. The molecule has 2 amide bonds. The second-order valence-corrected chi connectivity index (χ2v) is 8.89. The van der Waals surface area contributed by atoms with Gasteiger partial charge in [-0.1, -0.05) is 42.5 Å². The molecule has 6 heteroatoms. The van der Waals surface area contributed by atoms with E-state index >= 15 is 0 Å². The predicted octanol–water partition coefficient (Wildman–Crippen LogP) is 4.56. The van der Waals surface area contributed by atoms with Gasteiger partial charge in [-0.05, 0) is 69.9 Å². The highest BCUT2D eigenvalue weighted by atomic mass is 79.9. The van der Waals surface area contributed by atoms with Gasteiger partial charge in [0, 0.05) is 0 Å². The number of halogens is 1. The standard InChI is InChI=1S/C24H21BrN2O3/c25-19-12-16(6-11-20(19)30-14-15-4-2-1-3-5-15)13-26-27-23(28)21-17-7-8-18(10-9-17)22(21)24(27)29/h1-8,11-13,17-18,21-22H,9-10,14H2/b26-13-/t17-,18-,21-,22-/m0/s1. The number of allylic oxidation sites excluding steroid dienone is 2. The maximum atomic E-state index is 12.8. The van der Waals surface area contributed by atoms with E-state index in [0.29, 0.717) is 6.61 Å². The molecule has 2 bridgehead atoms. The number of ether oxygens (including phenoxy) is 1. The van der Waals surface area contributed by atoms with Gasteiger partial charge in [0.2, 0.25) is 0 Å². The first-order chi connectivity index (χ1) is 14.6. The molecule has 152 valence electrons. The molecule has 1 heterocycles. The van der Waals surface area contributed by atoms with Crippen LogP contribution in [0, 0.1) is 23.7 Å². The van der Waals surface area contributed by atoms with Gasteiger partial charge in [-0.25, -0.2) is 0 Å². The van der Waals surface area contributed by atoms with Crippen molar-refractivity contribution in [1.82, 2.24) is 5.01 Å². The summed E-state index contributed by atoms with van der Waals surface area (Å²) in [5.74, 6) is 0.263. The molecule has 3 aliphatic carbocycles. The third kappa shape index (κ3) is 3.39. The molecule has 1 saturated heterocycles. The smallest absolute Gasteiger partial charge is 0.254 e. The molecule has 5 nitrogen and oxygen atoms in total. The summed E-state index contributed by atoms with van der Waals surface area (Å²) < 4.78 is 6.66. The summed E-state index contributed by atoms with van der Waals surface area (Å²) in [5.41, 5.74) is 1.87. The third-order valence-electron chi connectivity index (χ3n) is 6.25. The molecule has 2 aromatic carbocycles. The van der Waals surface area contributed by atoms with E-state index < -0.39 is 0 Å². The molecule has 0 spiro atoms. The number of hydrogen-bond acceptors (Lipinski definition) is 4. The first-order valence-corrected chi connectivity index (χ1v) is 11.0. The topological polar surface area (TPSA) is 59.0 Å². The number of nitrogens with zero attached hydrogens (tertiary/aromatic N) is 2. The summed E-state index contributed by atoms with van der Waals surface area (Å²) in [4.78, 5) is 25.7. The van der Waals surface area contributed by atoms with Crippen molar-refractivity contribution in [3.63, 3.8) is 0 Å². The lowest BCUT2D eigenvalue weighted by Crippen LogP contribution is -2.38. The van der Waals surface area contributed by atoms with Crippen molar-refractivity contribution in [2.75, 3.05) is 0 Å². The van der Waals surface area contributed by atoms with Crippen LogP contribution in [0.1, 0.15) is 24.0 Å². The summed E-state index contributed by atoms with van der Waals surface area (Å²) in [6.45, 7) is 0.475. The molecule has 0 N–H and O–H groups in total. The van der Waals surface area contributed by atoms with Crippen molar-refractivity contribution in [3.05, 3.63) is 76.3 Å². The molecule has 0 unspecified atom stereocenters. The van der Waals surface area contributed by atoms with E-state index in [2.05, 4.69) is 33.2 Å². The molecule has 2 aromatic rings. The first-order valence-electron chi connectivity index (χ1n) is 10.2. The number of carbonyl (C=O) groups excluding carboxylic acids is 2. The van der Waals surface area contributed by atoms with Crippen LogP contribution in [0.3, 0.4) is 0 Å². The fourth-order valence-electron chi connectivity index (χ4n) is 4.75. The van der Waals surface area contributed by atoms with Gasteiger partial charge in [0.15, 0.2) is 0 Å². The van der Waals surface area contributed by atoms with Crippen LogP contribution in [0.5, 0.6) is 5.75 Å². The maximum Gasteiger partial charge on any atom is 0.254 e. The van der Waals surface area contributed by atoms with Crippen LogP contribution in [0.4, 0.5) is 0 Å². The van der Waals surface area contributed by atoms with E-state index in [1.807, 2.05) is 48.5 Å². The monoisotopic (exact) mass is 464 g/mol. The van der Waals surface area contributed by atoms with Crippen molar-refractivity contribution < 1.29 is 14.3 Å². The van der Waals surface area contributed by atoms with E-state index in [0.717, 1.165) is 39.2 Å². The number of hydrogen-bond donors (Lipinski definition) is 0. The largest absolute Gasteiger partial charge is 0.488 e. The Bertz CT molecular complexity index is 1020. The van der Waals surface area contributed by atoms with Crippen molar-refractivity contribution in [2.45, 2.75) is 19.4 Å². The van der Waals surface area contributed by atoms with Gasteiger partial charge in [-0.3, -0.25) is 9.59 Å². The number of benzene rings is 2. The summed E-state index contributed by atoms with van der Waals surface area (Å²) in [5, 5.41) is 5.35. The van der Waals surface area contributed by atoms with E-state index in [1.165, 1.54) is 0 Å². The molecule has 2 fully saturated rings. The zero-order valence-corrected chi connectivity index (χ0v) is 17.9. The molecular weight excluding hydrogens is 444 g/mol. The van der Waals surface area contributed by atoms with Crippen LogP contribution in [-0.4, -0.2) is 23.0 Å². The summed E-state index contributed by atoms with van der Waals surface area (Å²) in [6, 6.07) is 15.5. The molecule has 1 saturated carbocycles. The number of amides is 2. The fraction of sp³-hybridized carbons (Fsp3) is 0.292. The lowest BCUT2D eigenvalue weighted by Gasteiger charge is -2.37. The Morgan fingerprint density at radius 1 is 1.00 bits per heavy atom. The van der Waals surface area contributed by atoms with E-state index in [1.54, 1.807) is 6.21 Å². The van der Waals surface area contributed by atoms with Crippen molar-refractivity contribution in [1.29, 1.82) is 0 Å². The Kier molecular flexibility index (Phi) is 5.03. The van der Waals surface area contributed by atoms with Gasteiger partial charge in [-0.15, -0.1) is 0 Å². The lowest BCUT2D eigenvalue weighted by molar-refractivity contribution is -0.140. The molecule has 6 rings (SSSR count). The fourth-order valence-corrected chi connectivity index (χ4v) is 5.26. The van der Waals surface area contributed by atoms with Gasteiger partial charge in [0.05, 0.1) is 22.5 Å². The summed E-state index contributed by atoms with van der Waals surface area (Å²) >= 11 is 3.53. The van der Waals surface area contributed by atoms with E-state index in [-0.39, 0.29) is 35.5 Å². The van der Waals surface area contributed by atoms with Gasteiger partial charge in [-0.2, -0.15) is 10.1 Å². The van der Waals surface area contributed by atoms with Crippen LogP contribution in [0.2, 0.25) is 0 Å². The zero-order chi connectivity index (χ0) is 20.7. The molecule has 1 aliphatic heterocycles. The second kappa shape index (κ2) is 7.84. The second-order valence-electron chi connectivity index (χ2n) is 8.04. The Labute approximate surface area is 183 Å². The van der Waals surface area contributed by atoms with Crippen LogP contribution < -0.4 is 4.74 Å². The van der Waals surface area contributed by atoms with Crippen LogP contribution >= 0.6 is 15.9 Å². The number of hydrazone groups is 1. The minimum absolute atomic E-state index is 0.165. The lowest BCUT2D eigenvalue weighted by atomic mass is 9.63. The predicted molar refractivity (Wildman–Crippen MR) is 117 cm³/mol. The highest BCUT2D eigenvalue weighted by Gasteiger charge is 2.56. The Balaban J connectivity index is 1.28. The molecule has 0 radical (unpaired) electrons. The zero-order valence-electron chi connectivity index (χ0n) is 16.3. The SMILES string of the molecule is O=C1[C@@H]2[C@@H](C(=O)N1/N=C\c1ccc(OCc3ccccc3)c(Br)c1)[C@H]1C=C[C@H]2CC1. The van der Waals surface area contributed by atoms with E-state index in [4.69, 9.17) is 4.74 Å². The summed E-state index contributed by atoms with van der Waals surface area (Å²) in [6.07, 6.45) is 7.75. The number of fused-ring (bicyclic) bond motifs is 1. The van der Waals surface area contributed by atoms with Crippen molar-refractivity contribution in [2.24, 2.45) is 28.8 Å². The molecule has 0 aromatic heterocycles. The highest BCUT2D eigenvalue weighted by molar-refractivity contribution is 9.10. The number of carbonyl (C=O) groups is 2. The molecular formula is C24H21BrN2O3.